The second-order valence-electron chi connectivity index (χ2n) is 27.4. The van der Waals surface area contributed by atoms with Crippen molar-refractivity contribution >= 4 is 167 Å². The number of nitrogens with one attached hydrogen (secondary N) is 3. The number of aryl methyl sites for hydroxylation is 3. The highest BCUT2D eigenvalue weighted by Gasteiger charge is 2.24. The average Bonchev–Trinajstić information content (AvgIpc) is 1.80. The van der Waals surface area contributed by atoms with E-state index in [-0.39, 0.29) is 29.8 Å². The summed E-state index contributed by atoms with van der Waals surface area (Å²) in [6.07, 6.45) is 12.7. The summed E-state index contributed by atoms with van der Waals surface area (Å²) < 4.78 is 84.4. The van der Waals surface area contributed by atoms with Crippen molar-refractivity contribution in [3.63, 3.8) is 0 Å². The standard InChI is InChI=1S/C24H31N7O4S2Si.C23H29N7O2SSi.C18H17N7O3S2.C2H6/c1-29-21-18(22-23(29)28-20(36-22)13-27-37(2,33)34)12-25-30(24(21)32)14-16-7-6-8-19-17(16)11-26-31(19)15-35-9-10-38(3,4)5;1-28-20-17(21-22(28)27-19(10-24)33-21)12-25-29(23(20)31)13-15-6-5-7-18-16(15)11-26-30(18)14-32-8-9-34(2,3)4;1-24-15-12(16-17(24)22-14(29-16)8-21-30(2,27)28)7-20-25(18(15)26)9-10-4-3-5-13-11(10)6-19-23-13;1-2/h6-8,11-12,27H,9-10,13-15H2,1-5H3;5-7,11-12H,8-10,13-14,24H2,1-4H3;3-7,21H,8-9H2,1-2H3,(H,19,23);1-2H3/i;;;1D. The molecule has 12 heterocycles. The van der Waals surface area contributed by atoms with Crippen LogP contribution >= 0.6 is 34.0 Å². The second-order valence-corrected chi connectivity index (χ2v) is 45.5. The number of sulfonamides is 2. The zero-order chi connectivity index (χ0) is 75.0. The third-order valence-corrected chi connectivity index (χ3v) is 25.4. The number of aromatic amines is 1. The van der Waals surface area contributed by atoms with Crippen LogP contribution in [0.2, 0.25) is 51.4 Å². The topological polar surface area (TPSA) is 359 Å². The van der Waals surface area contributed by atoms with Crippen LogP contribution in [0.5, 0.6) is 0 Å². The van der Waals surface area contributed by atoms with Gasteiger partial charge in [0.15, 0.2) is 16.9 Å². The molecule has 12 aromatic heterocycles. The molecule has 3 aromatic carbocycles. The van der Waals surface area contributed by atoms with E-state index < -0.39 is 36.2 Å². The lowest BCUT2D eigenvalue weighted by Gasteiger charge is -2.15. The Morgan fingerprint density at radius 3 is 1.23 bits per heavy atom. The fourth-order valence-corrected chi connectivity index (χ4v) is 17.5. The van der Waals surface area contributed by atoms with Gasteiger partial charge in [0.05, 0.1) is 113 Å². The lowest BCUT2D eigenvalue weighted by Crippen LogP contribution is -2.24. The maximum atomic E-state index is 13.5. The van der Waals surface area contributed by atoms with Crippen molar-refractivity contribution in [2.75, 3.05) is 25.7 Å². The Kier molecular flexibility index (Phi) is 21.4. The second kappa shape index (κ2) is 30.3. The van der Waals surface area contributed by atoms with E-state index in [1.807, 2.05) is 88.0 Å². The van der Waals surface area contributed by atoms with Gasteiger partial charge >= 0.3 is 0 Å². The molecule has 104 heavy (non-hydrogen) atoms. The first-order valence-electron chi connectivity index (χ1n) is 34.0. The molecule has 15 aromatic rings. The summed E-state index contributed by atoms with van der Waals surface area (Å²) >= 11 is 4.22. The summed E-state index contributed by atoms with van der Waals surface area (Å²) in [5, 5.41) is 36.6. The Morgan fingerprint density at radius 2 is 0.856 bits per heavy atom. The van der Waals surface area contributed by atoms with Crippen molar-refractivity contribution < 1.29 is 27.7 Å². The Balaban J connectivity index is 0.000000146. The number of hydrogen-bond donors (Lipinski definition) is 4. The number of H-pyrrole nitrogens is 1. The van der Waals surface area contributed by atoms with Gasteiger partial charge in [-0.05, 0) is 47.0 Å². The quantitative estimate of drug-likeness (QED) is 0.0343. The lowest BCUT2D eigenvalue weighted by atomic mass is 10.1. The van der Waals surface area contributed by atoms with Crippen molar-refractivity contribution in [2.24, 2.45) is 26.9 Å². The highest BCUT2D eigenvalue weighted by atomic mass is 32.2. The predicted octanol–water partition coefficient (Wildman–Crippen LogP) is 8.96. The first-order valence-corrected chi connectivity index (χ1v) is 46.9. The first kappa shape index (κ1) is 73.4. The van der Waals surface area contributed by atoms with Gasteiger partial charge in [0.25, 0.3) is 16.7 Å². The van der Waals surface area contributed by atoms with E-state index in [2.05, 4.69) is 99.4 Å². The maximum absolute atomic E-state index is 13.5. The average molecular weight is 1540 g/mol. The molecule has 0 aliphatic rings. The van der Waals surface area contributed by atoms with E-state index in [0.29, 0.717) is 95.2 Å². The molecule has 5 N–H and O–H groups in total. The van der Waals surface area contributed by atoms with E-state index in [9.17, 15) is 31.2 Å². The van der Waals surface area contributed by atoms with Crippen LogP contribution in [-0.2, 0) is 103 Å². The molecule has 0 fully saturated rings. The third kappa shape index (κ3) is 16.0. The largest absolute Gasteiger partial charge is 0.360 e. The minimum absolute atomic E-state index is 0.102. The van der Waals surface area contributed by atoms with Crippen LogP contribution in [0.1, 0.15) is 46.9 Å². The molecule has 15 rings (SSSR count). The molecule has 0 bridgehead atoms. The molecular weight excluding hydrogens is 1460 g/mol. The minimum atomic E-state index is -3.33. The van der Waals surface area contributed by atoms with E-state index in [1.54, 1.807) is 54.9 Å². The van der Waals surface area contributed by atoms with Gasteiger partial charge in [-0.15, -0.1) is 34.0 Å². The number of nitrogens with zero attached hydrogens (tertiary/aromatic N) is 17. The Morgan fingerprint density at radius 1 is 0.510 bits per heavy atom. The highest BCUT2D eigenvalue weighted by molar-refractivity contribution is 7.89. The van der Waals surface area contributed by atoms with Crippen LogP contribution in [0.25, 0.3) is 96.5 Å². The van der Waals surface area contributed by atoms with Crippen LogP contribution < -0.4 is 31.9 Å². The minimum Gasteiger partial charge on any atom is -0.360 e. The smallest absolute Gasteiger partial charge is 0.291 e. The van der Waals surface area contributed by atoms with Gasteiger partial charge in [0.1, 0.15) is 45.0 Å². The normalized spacial score (nSPS) is 12.6. The summed E-state index contributed by atoms with van der Waals surface area (Å²) in [5.41, 5.74) is 14.5. The number of thiazole rings is 3. The highest BCUT2D eigenvalue weighted by Crippen LogP contribution is 2.34. The van der Waals surface area contributed by atoms with Crippen molar-refractivity contribution in [2.45, 2.75) is 118 Å². The molecule has 548 valence electrons. The third-order valence-electron chi connectivity index (χ3n) is 17.4. The number of rotatable bonds is 23. The number of nitrogens with two attached hydrogens (primary N) is 1. The first-order chi connectivity index (χ1) is 49.9. The summed E-state index contributed by atoms with van der Waals surface area (Å²) in [7, 11) is -3.50. The van der Waals surface area contributed by atoms with Gasteiger partial charge in [0.2, 0.25) is 20.0 Å². The molecule has 0 radical (unpaired) electrons. The van der Waals surface area contributed by atoms with Crippen molar-refractivity contribution in [1.29, 1.82) is 0 Å². The number of fused-ring (bicyclic) bond motifs is 12. The zero-order valence-electron chi connectivity index (χ0n) is 60.7. The van der Waals surface area contributed by atoms with Crippen LogP contribution in [0.3, 0.4) is 0 Å². The molecule has 0 saturated heterocycles. The van der Waals surface area contributed by atoms with Crippen molar-refractivity contribution in [3.8, 4) is 0 Å². The Bertz CT molecular complexity index is 6170. The number of ether oxygens (including phenoxy) is 2. The van der Waals surface area contributed by atoms with Gasteiger partial charge < -0.3 is 28.9 Å². The van der Waals surface area contributed by atoms with E-state index >= 15 is 0 Å². The van der Waals surface area contributed by atoms with E-state index in [1.165, 1.54) is 48.1 Å². The molecule has 0 spiro atoms. The molecular formula is C67H83N21O9S5Si2. The van der Waals surface area contributed by atoms with Crippen LogP contribution in [0.15, 0.2) is 106 Å². The van der Waals surface area contributed by atoms with Gasteiger partial charge in [-0.25, -0.2) is 64.6 Å². The fourth-order valence-electron chi connectivity index (χ4n) is 12.0. The zero-order valence-corrected chi connectivity index (χ0v) is 65.8. The molecule has 0 saturated carbocycles. The molecule has 0 amide bonds. The lowest BCUT2D eigenvalue weighted by molar-refractivity contribution is 0.0816. The fraction of sp³-hybridized carbons (Fsp3) is 0.373. The van der Waals surface area contributed by atoms with E-state index in [4.69, 9.17) is 16.6 Å². The number of benzene rings is 3. The maximum Gasteiger partial charge on any atom is 0.291 e. The van der Waals surface area contributed by atoms with Crippen LogP contribution in [-0.4, -0.2) is 146 Å². The number of hydrogen-bond acceptors (Lipinski definition) is 22. The summed E-state index contributed by atoms with van der Waals surface area (Å²) in [6, 6.07) is 20.0. The molecule has 37 heteroatoms. The molecule has 30 nitrogen and oxygen atoms in total. The summed E-state index contributed by atoms with van der Waals surface area (Å²) in [6.45, 7) is 20.1. The van der Waals surface area contributed by atoms with Crippen LogP contribution in [0, 0.1) is 0 Å². The number of aromatic nitrogens is 18. The predicted molar refractivity (Wildman–Crippen MR) is 418 cm³/mol. The monoisotopic (exact) mass is 1540 g/mol. The summed E-state index contributed by atoms with van der Waals surface area (Å²) in [5.74, 6) is 0. The Hall–Kier alpha value is -8.87. The van der Waals surface area contributed by atoms with Gasteiger partial charge in [-0.3, -0.25) is 19.5 Å². The van der Waals surface area contributed by atoms with Crippen molar-refractivity contribution in [3.05, 3.63) is 155 Å². The van der Waals surface area contributed by atoms with Gasteiger partial charge in [0, 0.05) is 90.7 Å². The van der Waals surface area contributed by atoms with Crippen LogP contribution in [0.4, 0.5) is 0 Å². The molecule has 0 atom stereocenters. The molecule has 0 aliphatic heterocycles. The van der Waals surface area contributed by atoms with Gasteiger partial charge in [-0.1, -0.05) is 89.5 Å². The van der Waals surface area contributed by atoms with Crippen molar-refractivity contribution in [1.82, 2.24) is 97.2 Å². The SMILES string of the molecule is Cn1c2nc(CN)sc2c2cnn(Cc3cccc4c3cnn4COCC[Si](C)(C)C)c(=O)c21.Cn1c2nc(CNS(C)(=O)=O)sc2c2cnn(Cc3cccc4[nH]ncc34)c(=O)c21.Cn1c2nc(CNS(C)(=O)=O)sc2c2cnn(Cc3cccc4c3cnn4COCC[Si](C)(C)C)c(=O)c21.[2H]CC. The summed E-state index contributed by atoms with van der Waals surface area (Å²) in [4.78, 5) is 53.7. The molecule has 0 unspecified atom stereocenters. The molecule has 0 aliphatic carbocycles. The van der Waals surface area contributed by atoms with E-state index in [0.717, 1.165) is 117 Å². The van der Waals surface area contributed by atoms with Gasteiger partial charge in [-0.2, -0.15) is 30.6 Å². The Labute approximate surface area is 612 Å².